The van der Waals surface area contributed by atoms with E-state index in [4.69, 9.17) is 0 Å². The largest absolute Gasteiger partial charge is 0.294 e. The first kappa shape index (κ1) is 16.4. The summed E-state index contributed by atoms with van der Waals surface area (Å²) in [5.74, 6) is 0.221. The van der Waals surface area contributed by atoms with Crippen molar-refractivity contribution in [3.8, 4) is 0 Å². The lowest BCUT2D eigenvalue weighted by Gasteiger charge is -1.98. The third kappa shape index (κ3) is 8.58. The van der Waals surface area contributed by atoms with E-state index in [1.807, 2.05) is 12.1 Å². The second-order valence-electron chi connectivity index (χ2n) is 3.46. The van der Waals surface area contributed by atoms with Gasteiger partial charge in [0.25, 0.3) is 0 Å². The van der Waals surface area contributed by atoms with Crippen LogP contribution in [-0.4, -0.2) is 20.7 Å². The maximum atomic E-state index is 11.4. The van der Waals surface area contributed by atoms with Crippen LogP contribution in [0.4, 0.5) is 0 Å². The molecule has 98 valence electrons. The van der Waals surface area contributed by atoms with Crippen molar-refractivity contribution in [2.45, 2.75) is 19.1 Å². The number of carbonyl (C=O) groups excluding carboxylic acids is 1. The smallest absolute Gasteiger partial charge is 0.167 e. The van der Waals surface area contributed by atoms with Crippen LogP contribution in [0.3, 0.4) is 0 Å². The van der Waals surface area contributed by atoms with E-state index >= 15 is 0 Å². The Kier molecular flexibility index (Phi) is 9.68. The topological polar surface area (TPSA) is 47.0 Å². The number of rotatable bonds is 6. The van der Waals surface area contributed by atoms with Crippen molar-refractivity contribution in [3.05, 3.63) is 55.4 Å². The molecule has 1 heterocycles. The summed E-state index contributed by atoms with van der Waals surface area (Å²) < 4.78 is 11.4. The van der Waals surface area contributed by atoms with Crippen LogP contribution in [-0.2, 0) is 21.3 Å². The summed E-state index contributed by atoms with van der Waals surface area (Å²) in [5, 5.41) is 0. The molecule has 0 aliphatic heterocycles. The minimum absolute atomic E-state index is 0.0401. The number of hydrogen-bond donors (Lipinski definition) is 0. The Hall–Kier alpha value is -1.55. The lowest BCUT2D eigenvalue weighted by atomic mass is 10.3. The highest BCUT2D eigenvalue weighted by molar-refractivity contribution is 7.85. The molecule has 1 atom stereocenters. The zero-order valence-electron chi connectivity index (χ0n) is 10.7. The fourth-order valence-electron chi connectivity index (χ4n) is 0.938. The minimum Gasteiger partial charge on any atom is -0.294 e. The highest BCUT2D eigenvalue weighted by atomic mass is 32.2. The van der Waals surface area contributed by atoms with Crippen LogP contribution in [0.2, 0.25) is 0 Å². The maximum Gasteiger partial charge on any atom is 0.167 e. The molecule has 0 aromatic carbocycles. The summed E-state index contributed by atoms with van der Waals surface area (Å²) in [6.07, 6.45) is 7.46. The molecule has 0 saturated carbocycles. The van der Waals surface area contributed by atoms with Gasteiger partial charge in [0.1, 0.15) is 0 Å². The molecule has 0 aliphatic rings. The highest BCUT2D eigenvalue weighted by Gasteiger charge is 2.05. The van der Waals surface area contributed by atoms with Crippen molar-refractivity contribution in [2.24, 2.45) is 0 Å². The quantitative estimate of drug-likeness (QED) is 0.587. The fraction of sp³-hybridized carbons (Fsp3) is 0.286. The van der Waals surface area contributed by atoms with Crippen molar-refractivity contribution in [1.82, 2.24) is 4.98 Å². The maximum absolute atomic E-state index is 11.4. The van der Waals surface area contributed by atoms with E-state index in [0.717, 1.165) is 12.0 Å². The van der Waals surface area contributed by atoms with E-state index in [1.54, 1.807) is 18.5 Å². The molecule has 18 heavy (non-hydrogen) atoms. The lowest BCUT2D eigenvalue weighted by molar-refractivity contribution is -0.112. The molecule has 1 aromatic heterocycles. The van der Waals surface area contributed by atoms with Gasteiger partial charge < -0.3 is 0 Å². The van der Waals surface area contributed by atoms with E-state index in [2.05, 4.69) is 25.1 Å². The molecule has 0 spiro atoms. The number of nitrogens with zero attached hydrogens (tertiary/aromatic N) is 1. The number of allylic oxidation sites excluding steroid dienone is 2. The van der Waals surface area contributed by atoms with E-state index in [1.165, 1.54) is 6.08 Å². The summed E-state index contributed by atoms with van der Waals surface area (Å²) in [6.45, 7) is 8.87. The molecule has 0 fully saturated rings. The first-order valence-electron chi connectivity index (χ1n) is 5.64. The molecule has 1 rings (SSSR count). The molecule has 1 unspecified atom stereocenters. The molecule has 0 amide bonds. The average Bonchev–Trinajstić information content (AvgIpc) is 2.39. The minimum atomic E-state index is -1.16. The van der Waals surface area contributed by atoms with Crippen molar-refractivity contribution in [1.29, 1.82) is 0 Å². The Morgan fingerprint density at radius 3 is 2.61 bits per heavy atom. The number of carbonyl (C=O) groups is 1. The van der Waals surface area contributed by atoms with Gasteiger partial charge in [-0.05, 0) is 24.1 Å². The van der Waals surface area contributed by atoms with Gasteiger partial charge >= 0.3 is 0 Å². The summed E-state index contributed by atoms with van der Waals surface area (Å²) in [5.41, 5.74) is 0.877. The second-order valence-corrected chi connectivity index (χ2v) is 4.91. The van der Waals surface area contributed by atoms with Crippen LogP contribution in [0.1, 0.15) is 18.9 Å². The zero-order chi connectivity index (χ0) is 13.8. The lowest BCUT2D eigenvalue weighted by Crippen LogP contribution is -2.09. The first-order chi connectivity index (χ1) is 8.63. The van der Waals surface area contributed by atoms with Crippen LogP contribution in [0.5, 0.6) is 0 Å². The number of ketones is 1. The molecule has 0 bridgehead atoms. The van der Waals surface area contributed by atoms with Gasteiger partial charge in [0, 0.05) is 23.2 Å². The Morgan fingerprint density at radius 1 is 1.50 bits per heavy atom. The zero-order valence-corrected chi connectivity index (χ0v) is 11.5. The van der Waals surface area contributed by atoms with Crippen molar-refractivity contribution in [3.63, 3.8) is 0 Å². The van der Waals surface area contributed by atoms with Gasteiger partial charge in [-0.2, -0.15) is 0 Å². The molecule has 0 radical (unpaired) electrons. The normalized spacial score (nSPS) is 10.7. The summed E-state index contributed by atoms with van der Waals surface area (Å²) in [7, 11) is -1.16. The van der Waals surface area contributed by atoms with Gasteiger partial charge in [-0.3, -0.25) is 14.0 Å². The van der Waals surface area contributed by atoms with Crippen LogP contribution < -0.4 is 0 Å². The molecular formula is C14H19NO2S. The Balaban J connectivity index is 0.000000631. The standard InChI is InChI=1S/C10H11NO2S.C4H8/c1-2-10(12)8-14(13)7-9-4-3-5-11-6-9;1-3-4-2/h2-6H,1,7-8H2;3H,1,4H2,2H3. The summed E-state index contributed by atoms with van der Waals surface area (Å²) in [4.78, 5) is 14.8. The van der Waals surface area contributed by atoms with Gasteiger partial charge in [0.15, 0.2) is 5.78 Å². The van der Waals surface area contributed by atoms with Gasteiger partial charge in [-0.1, -0.05) is 25.6 Å². The molecule has 0 saturated heterocycles. The third-order valence-corrected chi connectivity index (χ3v) is 3.13. The fourth-order valence-corrected chi connectivity index (χ4v) is 2.02. The van der Waals surface area contributed by atoms with Gasteiger partial charge in [-0.15, -0.1) is 6.58 Å². The Morgan fingerprint density at radius 2 is 2.17 bits per heavy atom. The molecule has 0 N–H and O–H groups in total. The third-order valence-electron chi connectivity index (χ3n) is 1.87. The van der Waals surface area contributed by atoms with Crippen LogP contribution in [0.25, 0.3) is 0 Å². The number of hydrogen-bond acceptors (Lipinski definition) is 3. The van der Waals surface area contributed by atoms with E-state index in [0.29, 0.717) is 5.75 Å². The Bertz CT molecular complexity index is 402. The summed E-state index contributed by atoms with van der Waals surface area (Å²) >= 11 is 0. The summed E-state index contributed by atoms with van der Waals surface area (Å²) in [6, 6.07) is 3.62. The first-order valence-corrected chi connectivity index (χ1v) is 7.12. The van der Waals surface area contributed by atoms with Gasteiger partial charge in [-0.25, -0.2) is 0 Å². The SMILES string of the molecule is C=CC(=O)CS(=O)Cc1cccnc1.C=CCC. The molecule has 3 nitrogen and oxygen atoms in total. The van der Waals surface area contributed by atoms with E-state index in [9.17, 15) is 9.00 Å². The predicted molar refractivity (Wildman–Crippen MR) is 76.6 cm³/mol. The van der Waals surface area contributed by atoms with Crippen molar-refractivity contribution < 1.29 is 9.00 Å². The molecule has 4 heteroatoms. The van der Waals surface area contributed by atoms with Gasteiger partial charge in [0.05, 0.1) is 11.5 Å². The number of aromatic nitrogens is 1. The van der Waals surface area contributed by atoms with Crippen LogP contribution in [0.15, 0.2) is 49.8 Å². The van der Waals surface area contributed by atoms with Crippen molar-refractivity contribution >= 4 is 16.6 Å². The molecule has 1 aromatic rings. The van der Waals surface area contributed by atoms with Crippen LogP contribution >= 0.6 is 0 Å². The molecule has 0 aliphatic carbocycles. The van der Waals surface area contributed by atoms with E-state index < -0.39 is 10.8 Å². The molecular weight excluding hydrogens is 246 g/mol. The number of pyridine rings is 1. The van der Waals surface area contributed by atoms with Crippen LogP contribution in [0, 0.1) is 0 Å². The highest BCUT2D eigenvalue weighted by Crippen LogP contribution is 2.01. The van der Waals surface area contributed by atoms with Crippen molar-refractivity contribution in [2.75, 3.05) is 5.75 Å². The second kappa shape index (κ2) is 10.6. The predicted octanol–water partition coefficient (Wildman–Crippen LogP) is 2.67. The van der Waals surface area contributed by atoms with E-state index in [-0.39, 0.29) is 11.5 Å². The average molecular weight is 265 g/mol. The van der Waals surface area contributed by atoms with Gasteiger partial charge in [0.2, 0.25) is 0 Å². The Labute approximate surface area is 111 Å². The monoisotopic (exact) mass is 265 g/mol.